The largest absolute Gasteiger partial charge is 0.378 e. The van der Waals surface area contributed by atoms with Crippen molar-refractivity contribution in [1.29, 1.82) is 0 Å². The van der Waals surface area contributed by atoms with Crippen LogP contribution in [0.15, 0.2) is 64.6 Å². The first-order valence-electron chi connectivity index (χ1n) is 6.16. The van der Waals surface area contributed by atoms with E-state index in [2.05, 4.69) is 5.10 Å². The summed E-state index contributed by atoms with van der Waals surface area (Å²) in [7, 11) is -3.95. The quantitative estimate of drug-likeness (QED) is 0.493. The summed E-state index contributed by atoms with van der Waals surface area (Å²) in [4.78, 5) is 10.6. The maximum absolute atomic E-state index is 12.2. The molecular weight excluding hydrogens is 306 g/mol. The van der Waals surface area contributed by atoms with Crippen LogP contribution in [-0.4, -0.2) is 20.7 Å². The molecule has 0 spiro atoms. The second-order valence-corrected chi connectivity index (χ2v) is 5.67. The fraction of sp³-hybridized carbons (Fsp3) is 0. The van der Waals surface area contributed by atoms with Crippen LogP contribution in [0.5, 0.6) is 5.75 Å². The number of hydrogen-bond donors (Lipinski definition) is 2. The summed E-state index contributed by atoms with van der Waals surface area (Å²) in [6.45, 7) is 0. The Hall–Kier alpha value is -2.87. The van der Waals surface area contributed by atoms with E-state index in [-0.39, 0.29) is 10.6 Å². The van der Waals surface area contributed by atoms with Gasteiger partial charge in [0.1, 0.15) is 4.90 Å². The zero-order valence-electron chi connectivity index (χ0n) is 11.3. The number of hydrogen-bond acceptors (Lipinski definition) is 5. The average molecular weight is 319 g/mol. The van der Waals surface area contributed by atoms with Gasteiger partial charge in [-0.05, 0) is 24.3 Å². The Balaban J connectivity index is 2.27. The van der Waals surface area contributed by atoms with Gasteiger partial charge in [0, 0.05) is 5.56 Å². The van der Waals surface area contributed by atoms with Gasteiger partial charge in [-0.25, -0.2) is 10.2 Å². The normalized spacial score (nSPS) is 11.3. The second-order valence-electron chi connectivity index (χ2n) is 4.12. The third kappa shape index (κ3) is 4.06. The van der Waals surface area contributed by atoms with E-state index in [0.717, 1.165) is 0 Å². The number of amides is 2. The number of primary amides is 1. The van der Waals surface area contributed by atoms with Crippen LogP contribution in [0.3, 0.4) is 0 Å². The summed E-state index contributed by atoms with van der Waals surface area (Å²) < 4.78 is 29.5. The van der Waals surface area contributed by atoms with Crippen molar-refractivity contribution in [3.05, 3.63) is 60.2 Å². The highest BCUT2D eigenvalue weighted by Gasteiger charge is 2.17. The molecular formula is C14H13N3O4S. The van der Waals surface area contributed by atoms with Crippen LogP contribution in [0.2, 0.25) is 0 Å². The van der Waals surface area contributed by atoms with Gasteiger partial charge in [0.25, 0.3) is 0 Å². The predicted octanol–water partition coefficient (Wildman–Crippen LogP) is 1.46. The minimum Gasteiger partial charge on any atom is -0.378 e. The van der Waals surface area contributed by atoms with Crippen molar-refractivity contribution in [2.24, 2.45) is 10.8 Å². The average Bonchev–Trinajstić information content (AvgIpc) is 2.49. The van der Waals surface area contributed by atoms with Crippen molar-refractivity contribution in [3.63, 3.8) is 0 Å². The molecule has 0 unspecified atom stereocenters. The summed E-state index contributed by atoms with van der Waals surface area (Å²) in [5.41, 5.74) is 7.27. The number of hydrazone groups is 1. The number of nitrogens with one attached hydrogen (secondary N) is 1. The Bertz CT molecular complexity index is 789. The third-order valence-corrected chi connectivity index (χ3v) is 3.78. The molecule has 0 radical (unpaired) electrons. The molecule has 2 rings (SSSR count). The standard InChI is InChI=1S/C14H13N3O4S/c15-14(18)17-16-10-11-6-4-5-9-13(11)21-22(19,20)12-7-2-1-3-8-12/h1-10H,(H3,15,17,18)/b16-10-. The third-order valence-electron chi connectivity index (χ3n) is 2.53. The number of para-hydroxylation sites is 1. The van der Waals surface area contributed by atoms with Crippen molar-refractivity contribution < 1.29 is 17.4 Å². The van der Waals surface area contributed by atoms with Gasteiger partial charge in [-0.2, -0.15) is 13.5 Å². The molecule has 2 aromatic rings. The lowest BCUT2D eigenvalue weighted by atomic mass is 10.2. The summed E-state index contributed by atoms with van der Waals surface area (Å²) in [6, 6.07) is 13.3. The Morgan fingerprint density at radius 1 is 1.09 bits per heavy atom. The topological polar surface area (TPSA) is 111 Å². The molecule has 2 aromatic carbocycles. The zero-order valence-corrected chi connectivity index (χ0v) is 12.2. The molecule has 0 aromatic heterocycles. The molecule has 7 nitrogen and oxygen atoms in total. The SMILES string of the molecule is NC(=O)N/N=C\c1ccccc1OS(=O)(=O)c1ccccc1. The molecule has 0 saturated heterocycles. The summed E-state index contributed by atoms with van der Waals surface area (Å²) in [5.74, 6) is 0.0846. The molecule has 2 amide bonds. The smallest absolute Gasteiger partial charge is 0.339 e. The molecule has 8 heteroatoms. The van der Waals surface area contributed by atoms with Gasteiger partial charge >= 0.3 is 16.1 Å². The van der Waals surface area contributed by atoms with E-state index in [1.807, 2.05) is 5.43 Å². The number of benzene rings is 2. The van der Waals surface area contributed by atoms with Gasteiger partial charge in [-0.3, -0.25) is 0 Å². The van der Waals surface area contributed by atoms with Crippen LogP contribution in [-0.2, 0) is 10.1 Å². The van der Waals surface area contributed by atoms with Gasteiger partial charge in [-0.1, -0.05) is 30.3 Å². The van der Waals surface area contributed by atoms with Gasteiger partial charge in [0.2, 0.25) is 0 Å². The summed E-state index contributed by atoms with van der Waals surface area (Å²) in [5, 5.41) is 3.58. The van der Waals surface area contributed by atoms with E-state index in [0.29, 0.717) is 5.56 Å². The molecule has 0 heterocycles. The number of carbonyl (C=O) groups excluding carboxylic acids is 1. The minimum atomic E-state index is -3.95. The van der Waals surface area contributed by atoms with E-state index >= 15 is 0 Å². The number of nitrogens with zero attached hydrogens (tertiary/aromatic N) is 1. The number of nitrogens with two attached hydrogens (primary N) is 1. The first-order valence-corrected chi connectivity index (χ1v) is 7.57. The van der Waals surface area contributed by atoms with Crippen molar-refractivity contribution in [2.75, 3.05) is 0 Å². The van der Waals surface area contributed by atoms with Crippen molar-refractivity contribution in [2.45, 2.75) is 4.90 Å². The van der Waals surface area contributed by atoms with Crippen LogP contribution in [0.4, 0.5) is 4.79 Å². The van der Waals surface area contributed by atoms with Crippen LogP contribution in [0, 0.1) is 0 Å². The van der Waals surface area contributed by atoms with Crippen LogP contribution >= 0.6 is 0 Å². The van der Waals surface area contributed by atoms with E-state index < -0.39 is 16.1 Å². The van der Waals surface area contributed by atoms with Crippen LogP contribution < -0.4 is 15.3 Å². The highest BCUT2D eigenvalue weighted by Crippen LogP contribution is 2.21. The molecule has 114 valence electrons. The second kappa shape index (κ2) is 6.72. The monoisotopic (exact) mass is 319 g/mol. The zero-order chi connectivity index (χ0) is 16.0. The van der Waals surface area contributed by atoms with E-state index in [4.69, 9.17) is 9.92 Å². The Morgan fingerprint density at radius 3 is 2.41 bits per heavy atom. The van der Waals surface area contributed by atoms with E-state index in [1.165, 1.54) is 24.4 Å². The summed E-state index contributed by atoms with van der Waals surface area (Å²) in [6.07, 6.45) is 1.24. The molecule has 0 aliphatic heterocycles. The fourth-order valence-corrected chi connectivity index (χ4v) is 2.56. The predicted molar refractivity (Wildman–Crippen MR) is 81.0 cm³/mol. The van der Waals surface area contributed by atoms with Crippen molar-refractivity contribution >= 4 is 22.4 Å². The molecule has 0 atom stereocenters. The van der Waals surface area contributed by atoms with Crippen molar-refractivity contribution in [3.8, 4) is 5.75 Å². The first kappa shape index (κ1) is 15.5. The maximum atomic E-state index is 12.2. The highest BCUT2D eigenvalue weighted by molar-refractivity contribution is 7.87. The maximum Gasteiger partial charge on any atom is 0.339 e. The molecule has 3 N–H and O–H groups in total. The lowest BCUT2D eigenvalue weighted by molar-refractivity contribution is 0.249. The molecule has 0 aliphatic carbocycles. The van der Waals surface area contributed by atoms with E-state index in [9.17, 15) is 13.2 Å². The first-order chi connectivity index (χ1) is 10.5. The van der Waals surface area contributed by atoms with Crippen LogP contribution in [0.1, 0.15) is 5.56 Å². The van der Waals surface area contributed by atoms with Gasteiger partial charge < -0.3 is 9.92 Å². The number of rotatable bonds is 5. The Labute approximate surface area is 127 Å². The van der Waals surface area contributed by atoms with Gasteiger partial charge in [0.05, 0.1) is 6.21 Å². The minimum absolute atomic E-state index is 0.0389. The van der Waals surface area contributed by atoms with Gasteiger partial charge in [0.15, 0.2) is 5.75 Å². The number of urea groups is 1. The molecule has 0 aliphatic rings. The Morgan fingerprint density at radius 2 is 1.73 bits per heavy atom. The fourth-order valence-electron chi connectivity index (χ4n) is 1.58. The molecule has 0 saturated carbocycles. The highest BCUT2D eigenvalue weighted by atomic mass is 32.2. The molecule has 22 heavy (non-hydrogen) atoms. The molecule has 0 bridgehead atoms. The summed E-state index contributed by atoms with van der Waals surface area (Å²) >= 11 is 0. The van der Waals surface area contributed by atoms with Crippen molar-refractivity contribution in [1.82, 2.24) is 5.43 Å². The van der Waals surface area contributed by atoms with E-state index in [1.54, 1.807) is 36.4 Å². The Kier molecular flexibility index (Phi) is 4.74. The lowest BCUT2D eigenvalue weighted by Gasteiger charge is -2.09. The molecule has 0 fully saturated rings. The van der Waals surface area contributed by atoms with Crippen LogP contribution in [0.25, 0.3) is 0 Å². The van der Waals surface area contributed by atoms with Gasteiger partial charge in [-0.15, -0.1) is 0 Å². The lowest BCUT2D eigenvalue weighted by Crippen LogP contribution is -2.24. The number of carbonyl (C=O) groups is 1.